The van der Waals surface area contributed by atoms with E-state index < -0.39 is 5.60 Å². The number of likely N-dealkylation sites (N-methyl/N-ethyl adjacent to an activating group) is 1. The lowest BCUT2D eigenvalue weighted by molar-refractivity contribution is -0.0438. The van der Waals surface area contributed by atoms with Gasteiger partial charge in [-0.15, -0.1) is 0 Å². The first-order chi connectivity index (χ1) is 13.5. The Balaban J connectivity index is 2.06. The van der Waals surface area contributed by atoms with Gasteiger partial charge in [-0.25, -0.2) is 0 Å². The first kappa shape index (κ1) is 20.3. The summed E-state index contributed by atoms with van der Waals surface area (Å²) in [4.78, 5) is 2.37. The molecular formula is C26H31NO. The zero-order valence-corrected chi connectivity index (χ0v) is 17.6. The van der Waals surface area contributed by atoms with Gasteiger partial charge >= 0.3 is 0 Å². The molecule has 0 N–H and O–H groups in total. The molecule has 1 unspecified atom stereocenters. The molecule has 0 heterocycles. The number of nitrogens with zero attached hydrogens (tertiary/aromatic N) is 1. The van der Waals surface area contributed by atoms with Crippen LogP contribution in [0.15, 0.2) is 78.9 Å². The van der Waals surface area contributed by atoms with Gasteiger partial charge in [0.15, 0.2) is 0 Å². The van der Waals surface area contributed by atoms with Crippen LogP contribution < -0.4 is 0 Å². The van der Waals surface area contributed by atoms with Crippen molar-refractivity contribution in [2.45, 2.75) is 39.0 Å². The topological polar surface area (TPSA) is 12.5 Å². The summed E-state index contributed by atoms with van der Waals surface area (Å²) in [5.41, 5.74) is 5.61. The molecule has 3 aromatic carbocycles. The zero-order chi connectivity index (χ0) is 20.1. The lowest BCUT2D eigenvalue weighted by Crippen LogP contribution is -2.49. The molecule has 0 spiro atoms. The Bertz CT molecular complexity index is 823. The van der Waals surface area contributed by atoms with Gasteiger partial charge in [0.2, 0.25) is 0 Å². The highest BCUT2D eigenvalue weighted by Gasteiger charge is 2.42. The SMILES string of the molecule is COC(c1ccc(C)cc1)(c1ccc(C)cc1)C(C)N(C)Cc1ccccc1. The molecule has 0 aliphatic heterocycles. The Labute approximate surface area is 169 Å². The average Bonchev–Trinajstić information content (AvgIpc) is 2.72. The van der Waals surface area contributed by atoms with E-state index in [0.717, 1.165) is 6.54 Å². The molecule has 146 valence electrons. The molecule has 0 saturated heterocycles. The number of ether oxygens (including phenoxy) is 1. The van der Waals surface area contributed by atoms with Crippen molar-refractivity contribution >= 4 is 0 Å². The standard InChI is InChI=1S/C26H31NO/c1-20-11-15-24(16-12-20)26(28-5,25-17-13-21(2)14-18-25)22(3)27(4)19-23-9-7-6-8-10-23/h6-18,22H,19H2,1-5H3. The number of hydrogen-bond acceptors (Lipinski definition) is 2. The Morgan fingerprint density at radius 3 is 1.68 bits per heavy atom. The molecule has 0 aliphatic rings. The van der Waals surface area contributed by atoms with Crippen molar-refractivity contribution in [3.63, 3.8) is 0 Å². The van der Waals surface area contributed by atoms with Gasteiger partial charge in [-0.2, -0.15) is 0 Å². The Kier molecular flexibility index (Phi) is 6.33. The fourth-order valence-electron chi connectivity index (χ4n) is 3.98. The first-order valence-corrected chi connectivity index (χ1v) is 9.91. The van der Waals surface area contributed by atoms with Crippen molar-refractivity contribution in [3.8, 4) is 0 Å². The van der Waals surface area contributed by atoms with E-state index in [0.29, 0.717) is 0 Å². The molecule has 3 rings (SSSR count). The largest absolute Gasteiger partial charge is 0.367 e. The van der Waals surface area contributed by atoms with Crippen LogP contribution in [0.1, 0.15) is 34.7 Å². The van der Waals surface area contributed by atoms with Crippen LogP contribution in [0, 0.1) is 13.8 Å². The van der Waals surface area contributed by atoms with Crippen molar-refractivity contribution in [1.29, 1.82) is 0 Å². The van der Waals surface area contributed by atoms with E-state index >= 15 is 0 Å². The molecule has 3 aromatic rings. The highest BCUT2D eigenvalue weighted by atomic mass is 16.5. The van der Waals surface area contributed by atoms with Gasteiger partial charge < -0.3 is 4.74 Å². The number of hydrogen-bond donors (Lipinski definition) is 0. The second kappa shape index (κ2) is 8.72. The van der Waals surface area contributed by atoms with Gasteiger partial charge in [0, 0.05) is 19.7 Å². The van der Waals surface area contributed by atoms with E-state index in [1.807, 2.05) is 7.11 Å². The summed E-state index contributed by atoms with van der Waals surface area (Å²) in [5.74, 6) is 0. The van der Waals surface area contributed by atoms with Gasteiger partial charge in [-0.3, -0.25) is 4.90 Å². The van der Waals surface area contributed by atoms with Crippen LogP contribution in [0.25, 0.3) is 0 Å². The molecule has 0 amide bonds. The lowest BCUT2D eigenvalue weighted by atomic mass is 9.79. The summed E-state index contributed by atoms with van der Waals surface area (Å²) in [6.07, 6.45) is 0. The normalized spacial score (nSPS) is 12.9. The molecule has 0 radical (unpaired) electrons. The molecule has 0 bridgehead atoms. The van der Waals surface area contributed by atoms with Crippen LogP contribution in [0.5, 0.6) is 0 Å². The molecular weight excluding hydrogens is 342 g/mol. The van der Waals surface area contributed by atoms with Crippen molar-refractivity contribution in [2.75, 3.05) is 14.2 Å². The van der Waals surface area contributed by atoms with Crippen LogP contribution in [-0.4, -0.2) is 25.1 Å². The van der Waals surface area contributed by atoms with E-state index in [-0.39, 0.29) is 6.04 Å². The summed E-state index contributed by atoms with van der Waals surface area (Å²) in [5, 5.41) is 0. The maximum atomic E-state index is 6.37. The Morgan fingerprint density at radius 1 is 0.786 bits per heavy atom. The fourth-order valence-corrected chi connectivity index (χ4v) is 3.98. The predicted molar refractivity (Wildman–Crippen MR) is 118 cm³/mol. The predicted octanol–water partition coefficient (Wildman–Crippen LogP) is 5.71. The summed E-state index contributed by atoms with van der Waals surface area (Å²) in [7, 11) is 4.00. The van der Waals surface area contributed by atoms with Crippen molar-refractivity contribution in [2.24, 2.45) is 0 Å². The third kappa shape index (κ3) is 4.04. The summed E-state index contributed by atoms with van der Waals surface area (Å²) < 4.78 is 6.37. The average molecular weight is 374 g/mol. The van der Waals surface area contributed by atoms with E-state index in [9.17, 15) is 0 Å². The highest BCUT2D eigenvalue weighted by Crippen LogP contribution is 2.39. The van der Waals surface area contributed by atoms with Crippen molar-refractivity contribution in [1.82, 2.24) is 4.90 Å². The molecule has 0 saturated carbocycles. The minimum Gasteiger partial charge on any atom is -0.367 e. The Morgan fingerprint density at radius 2 is 1.25 bits per heavy atom. The second-order valence-electron chi connectivity index (χ2n) is 7.75. The quantitative estimate of drug-likeness (QED) is 0.526. The smallest absolute Gasteiger partial charge is 0.133 e. The van der Waals surface area contributed by atoms with Crippen LogP contribution in [-0.2, 0) is 16.9 Å². The van der Waals surface area contributed by atoms with Gasteiger partial charge in [-0.05, 0) is 44.5 Å². The maximum absolute atomic E-state index is 6.37. The molecule has 0 aliphatic carbocycles. The minimum absolute atomic E-state index is 0.128. The first-order valence-electron chi connectivity index (χ1n) is 9.91. The van der Waals surface area contributed by atoms with Crippen molar-refractivity contribution < 1.29 is 4.74 Å². The third-order valence-electron chi connectivity index (χ3n) is 5.81. The second-order valence-corrected chi connectivity index (χ2v) is 7.75. The van der Waals surface area contributed by atoms with Gasteiger partial charge in [0.25, 0.3) is 0 Å². The Hall–Kier alpha value is -2.42. The van der Waals surface area contributed by atoms with Crippen LogP contribution in [0.4, 0.5) is 0 Å². The summed E-state index contributed by atoms with van der Waals surface area (Å²) in [6, 6.07) is 28.2. The van der Waals surface area contributed by atoms with Crippen LogP contribution in [0.2, 0.25) is 0 Å². The maximum Gasteiger partial charge on any atom is 0.133 e. The number of methoxy groups -OCH3 is 1. The summed E-state index contributed by atoms with van der Waals surface area (Å²) in [6.45, 7) is 7.36. The lowest BCUT2D eigenvalue weighted by Gasteiger charge is -2.43. The zero-order valence-electron chi connectivity index (χ0n) is 17.6. The van der Waals surface area contributed by atoms with E-state index in [1.165, 1.54) is 27.8 Å². The molecule has 28 heavy (non-hydrogen) atoms. The summed E-state index contributed by atoms with van der Waals surface area (Å²) >= 11 is 0. The monoisotopic (exact) mass is 373 g/mol. The number of aryl methyl sites for hydroxylation is 2. The van der Waals surface area contributed by atoms with E-state index in [2.05, 4.69) is 112 Å². The molecule has 0 aromatic heterocycles. The number of rotatable bonds is 7. The molecule has 1 atom stereocenters. The fraction of sp³-hybridized carbons (Fsp3) is 0.308. The third-order valence-corrected chi connectivity index (χ3v) is 5.81. The number of benzene rings is 3. The van der Waals surface area contributed by atoms with Gasteiger partial charge in [-0.1, -0.05) is 90.0 Å². The molecule has 2 nitrogen and oxygen atoms in total. The highest BCUT2D eigenvalue weighted by molar-refractivity contribution is 5.40. The van der Waals surface area contributed by atoms with E-state index in [4.69, 9.17) is 4.74 Å². The van der Waals surface area contributed by atoms with Gasteiger partial charge in [0.05, 0.1) is 0 Å². The molecule has 2 heteroatoms. The van der Waals surface area contributed by atoms with Gasteiger partial charge in [0.1, 0.15) is 5.60 Å². The minimum atomic E-state index is -0.551. The van der Waals surface area contributed by atoms with Crippen molar-refractivity contribution in [3.05, 3.63) is 107 Å². The van der Waals surface area contributed by atoms with Crippen LogP contribution >= 0.6 is 0 Å². The molecule has 0 fully saturated rings. The van der Waals surface area contributed by atoms with E-state index in [1.54, 1.807) is 0 Å². The van der Waals surface area contributed by atoms with Crippen LogP contribution in [0.3, 0.4) is 0 Å².